The summed E-state index contributed by atoms with van der Waals surface area (Å²) in [5.74, 6) is 1.65. The van der Waals surface area contributed by atoms with Crippen LogP contribution in [0.5, 0.6) is 0 Å². The molecule has 5 heteroatoms. The standard InChI is InChI=1S/C12H20N4O/c1-4-5-10-13-11(15-14-10)12(17)16-7-8(2)6-9(16)3/h8-9H,4-7H2,1-3H3,(H,13,14,15). The molecule has 1 amide bonds. The first-order valence-electron chi connectivity index (χ1n) is 6.34. The third-order valence-electron chi connectivity index (χ3n) is 3.25. The molecule has 2 heterocycles. The van der Waals surface area contributed by atoms with Gasteiger partial charge in [-0.2, -0.15) is 0 Å². The van der Waals surface area contributed by atoms with Crippen LogP contribution in [-0.4, -0.2) is 38.6 Å². The molecule has 17 heavy (non-hydrogen) atoms. The van der Waals surface area contributed by atoms with Crippen LogP contribution in [0.3, 0.4) is 0 Å². The molecule has 0 bridgehead atoms. The number of aromatic nitrogens is 3. The number of hydrogen-bond acceptors (Lipinski definition) is 3. The molecule has 94 valence electrons. The predicted octanol–water partition coefficient (Wildman–Crippen LogP) is 1.63. The molecule has 2 unspecified atom stereocenters. The maximum atomic E-state index is 12.2. The van der Waals surface area contributed by atoms with E-state index in [1.165, 1.54) is 0 Å². The van der Waals surface area contributed by atoms with Crippen molar-refractivity contribution < 1.29 is 4.79 Å². The fourth-order valence-corrected chi connectivity index (χ4v) is 2.45. The van der Waals surface area contributed by atoms with E-state index in [1.807, 2.05) is 4.90 Å². The van der Waals surface area contributed by atoms with Crippen LogP contribution in [-0.2, 0) is 6.42 Å². The summed E-state index contributed by atoms with van der Waals surface area (Å²) < 4.78 is 0. The predicted molar refractivity (Wildman–Crippen MR) is 64.7 cm³/mol. The van der Waals surface area contributed by atoms with Crippen molar-refractivity contribution in [3.8, 4) is 0 Å². The minimum absolute atomic E-state index is 0.0412. The van der Waals surface area contributed by atoms with E-state index in [4.69, 9.17) is 0 Å². The van der Waals surface area contributed by atoms with Crippen LogP contribution in [0.1, 0.15) is 50.1 Å². The van der Waals surface area contributed by atoms with Gasteiger partial charge in [0.1, 0.15) is 5.82 Å². The Morgan fingerprint density at radius 1 is 1.53 bits per heavy atom. The Morgan fingerprint density at radius 3 is 2.88 bits per heavy atom. The summed E-state index contributed by atoms with van der Waals surface area (Å²) >= 11 is 0. The summed E-state index contributed by atoms with van der Waals surface area (Å²) in [6.07, 6.45) is 2.91. The topological polar surface area (TPSA) is 61.9 Å². The lowest BCUT2D eigenvalue weighted by Gasteiger charge is -2.19. The Balaban J connectivity index is 2.08. The summed E-state index contributed by atoms with van der Waals surface area (Å²) in [7, 11) is 0. The molecule has 0 spiro atoms. The van der Waals surface area contributed by atoms with Gasteiger partial charge in [-0.3, -0.25) is 9.89 Å². The number of amides is 1. The molecule has 1 N–H and O–H groups in total. The Morgan fingerprint density at radius 2 is 2.29 bits per heavy atom. The van der Waals surface area contributed by atoms with Gasteiger partial charge in [-0.1, -0.05) is 13.8 Å². The average molecular weight is 236 g/mol. The molecule has 2 rings (SSSR count). The maximum absolute atomic E-state index is 12.2. The minimum Gasteiger partial charge on any atom is -0.333 e. The second kappa shape index (κ2) is 4.85. The zero-order valence-corrected chi connectivity index (χ0v) is 10.7. The Hall–Kier alpha value is -1.39. The fraction of sp³-hybridized carbons (Fsp3) is 0.750. The SMILES string of the molecule is CCCc1nc(C(=O)N2CC(C)CC2C)n[nH]1. The van der Waals surface area contributed by atoms with Crippen LogP contribution in [0, 0.1) is 5.92 Å². The first-order chi connectivity index (χ1) is 8.11. The van der Waals surface area contributed by atoms with E-state index >= 15 is 0 Å². The maximum Gasteiger partial charge on any atom is 0.293 e. The van der Waals surface area contributed by atoms with Crippen LogP contribution in [0.2, 0.25) is 0 Å². The van der Waals surface area contributed by atoms with Gasteiger partial charge in [0.05, 0.1) is 0 Å². The summed E-state index contributed by atoms with van der Waals surface area (Å²) in [5, 5.41) is 6.84. The van der Waals surface area contributed by atoms with Crippen molar-refractivity contribution in [2.75, 3.05) is 6.54 Å². The lowest BCUT2D eigenvalue weighted by atomic mass is 10.1. The number of carbonyl (C=O) groups is 1. The summed E-state index contributed by atoms with van der Waals surface area (Å²) in [5.41, 5.74) is 0. The van der Waals surface area contributed by atoms with E-state index in [1.54, 1.807) is 0 Å². The monoisotopic (exact) mass is 236 g/mol. The smallest absolute Gasteiger partial charge is 0.293 e. The number of nitrogens with one attached hydrogen (secondary N) is 1. The Kier molecular flexibility index (Phi) is 3.45. The molecular formula is C12H20N4O. The third kappa shape index (κ3) is 2.48. The van der Waals surface area contributed by atoms with E-state index in [0.29, 0.717) is 17.8 Å². The van der Waals surface area contributed by atoms with Crippen LogP contribution >= 0.6 is 0 Å². The zero-order valence-electron chi connectivity index (χ0n) is 10.7. The second-order valence-electron chi connectivity index (χ2n) is 5.00. The minimum atomic E-state index is -0.0412. The number of aryl methyl sites for hydroxylation is 1. The van der Waals surface area contributed by atoms with Crippen molar-refractivity contribution in [1.29, 1.82) is 0 Å². The highest BCUT2D eigenvalue weighted by Crippen LogP contribution is 2.23. The Labute approximate surface area is 102 Å². The van der Waals surface area contributed by atoms with Crippen molar-refractivity contribution in [2.24, 2.45) is 5.92 Å². The molecule has 1 fully saturated rings. The lowest BCUT2D eigenvalue weighted by molar-refractivity contribution is 0.0731. The van der Waals surface area contributed by atoms with Crippen LogP contribution < -0.4 is 0 Å². The number of hydrogen-bond donors (Lipinski definition) is 1. The Bertz CT molecular complexity index is 401. The molecule has 2 atom stereocenters. The second-order valence-corrected chi connectivity index (χ2v) is 5.00. The molecule has 1 aromatic heterocycles. The van der Waals surface area contributed by atoms with Crippen molar-refractivity contribution in [1.82, 2.24) is 20.1 Å². The van der Waals surface area contributed by atoms with Gasteiger partial charge >= 0.3 is 0 Å². The first kappa shape index (κ1) is 12.1. The summed E-state index contributed by atoms with van der Waals surface area (Å²) in [6, 6.07) is 0.297. The molecule has 5 nitrogen and oxygen atoms in total. The van der Waals surface area contributed by atoms with Gasteiger partial charge < -0.3 is 4.90 Å². The van der Waals surface area contributed by atoms with Crippen molar-refractivity contribution in [2.45, 2.75) is 46.1 Å². The summed E-state index contributed by atoms with van der Waals surface area (Å²) in [6.45, 7) is 7.15. The molecule has 1 aliphatic heterocycles. The van der Waals surface area contributed by atoms with Crippen molar-refractivity contribution in [3.05, 3.63) is 11.6 Å². The molecule has 0 radical (unpaired) electrons. The fourth-order valence-electron chi connectivity index (χ4n) is 2.45. The molecule has 0 aliphatic carbocycles. The molecule has 1 saturated heterocycles. The van der Waals surface area contributed by atoms with Gasteiger partial charge in [0.25, 0.3) is 5.91 Å². The van der Waals surface area contributed by atoms with E-state index in [9.17, 15) is 4.79 Å². The highest BCUT2D eigenvalue weighted by atomic mass is 16.2. The van der Waals surface area contributed by atoms with Gasteiger partial charge in [-0.25, -0.2) is 4.98 Å². The third-order valence-corrected chi connectivity index (χ3v) is 3.25. The number of nitrogens with zero attached hydrogens (tertiary/aromatic N) is 3. The normalized spacial score (nSPS) is 24.3. The van der Waals surface area contributed by atoms with E-state index < -0.39 is 0 Å². The number of aromatic amines is 1. The molecule has 0 saturated carbocycles. The van der Waals surface area contributed by atoms with Crippen molar-refractivity contribution in [3.63, 3.8) is 0 Å². The number of H-pyrrole nitrogens is 1. The highest BCUT2D eigenvalue weighted by Gasteiger charge is 2.32. The number of carbonyl (C=O) groups excluding carboxylic acids is 1. The van der Waals surface area contributed by atoms with E-state index in [-0.39, 0.29) is 5.91 Å². The van der Waals surface area contributed by atoms with Crippen LogP contribution in [0.15, 0.2) is 0 Å². The van der Waals surface area contributed by atoms with E-state index in [0.717, 1.165) is 31.6 Å². The zero-order chi connectivity index (χ0) is 12.4. The van der Waals surface area contributed by atoms with Gasteiger partial charge in [-0.05, 0) is 25.7 Å². The molecule has 1 aromatic rings. The van der Waals surface area contributed by atoms with Crippen LogP contribution in [0.25, 0.3) is 0 Å². The average Bonchev–Trinajstić information content (AvgIpc) is 2.85. The van der Waals surface area contributed by atoms with Gasteiger partial charge in [-0.15, -0.1) is 5.10 Å². The van der Waals surface area contributed by atoms with Gasteiger partial charge in [0.15, 0.2) is 0 Å². The molecule has 0 aromatic carbocycles. The number of rotatable bonds is 3. The van der Waals surface area contributed by atoms with Gasteiger partial charge in [0.2, 0.25) is 5.82 Å². The highest BCUT2D eigenvalue weighted by molar-refractivity contribution is 5.90. The lowest BCUT2D eigenvalue weighted by Crippen LogP contribution is -2.34. The first-order valence-corrected chi connectivity index (χ1v) is 6.34. The quantitative estimate of drug-likeness (QED) is 0.867. The van der Waals surface area contributed by atoms with Gasteiger partial charge in [0, 0.05) is 19.0 Å². The van der Waals surface area contributed by atoms with Crippen molar-refractivity contribution >= 4 is 5.91 Å². The summed E-state index contributed by atoms with van der Waals surface area (Å²) in [4.78, 5) is 18.3. The van der Waals surface area contributed by atoms with E-state index in [2.05, 4.69) is 36.0 Å². The molecule has 1 aliphatic rings. The largest absolute Gasteiger partial charge is 0.333 e. The van der Waals surface area contributed by atoms with Crippen LogP contribution in [0.4, 0.5) is 0 Å². The molecular weight excluding hydrogens is 216 g/mol. The number of likely N-dealkylation sites (tertiary alicyclic amines) is 1.